The van der Waals surface area contributed by atoms with Gasteiger partial charge < -0.3 is 8.83 Å². The Balaban J connectivity index is 1.35. The molecule has 162 valence electrons. The molecule has 0 amide bonds. The fourth-order valence-corrected chi connectivity index (χ4v) is 6.42. The van der Waals surface area contributed by atoms with Crippen molar-refractivity contribution in [1.82, 2.24) is 19.5 Å². The van der Waals surface area contributed by atoms with Gasteiger partial charge in [0.05, 0.1) is 15.0 Å². The van der Waals surface area contributed by atoms with Gasteiger partial charge in [-0.15, -0.1) is 21.5 Å². The smallest absolute Gasteiger partial charge is 0.257 e. The van der Waals surface area contributed by atoms with Crippen molar-refractivity contribution in [2.24, 2.45) is 0 Å². The molecule has 4 heterocycles. The molecule has 31 heavy (non-hydrogen) atoms. The van der Waals surface area contributed by atoms with Crippen molar-refractivity contribution < 1.29 is 17.3 Å². The molecule has 4 aromatic rings. The number of aromatic nitrogens is 3. The summed E-state index contributed by atoms with van der Waals surface area (Å²) in [4.78, 5) is 5.64. The lowest BCUT2D eigenvalue weighted by Crippen LogP contribution is -2.35. The Morgan fingerprint density at radius 2 is 1.97 bits per heavy atom. The Kier molecular flexibility index (Phi) is 5.59. The number of thioether (sulfide) groups is 1. The summed E-state index contributed by atoms with van der Waals surface area (Å²) < 4.78 is 39.0. The largest absolute Gasteiger partial charge is 0.431 e. The van der Waals surface area contributed by atoms with Crippen LogP contribution < -0.4 is 0 Å². The average Bonchev–Trinajstić information content (AvgIpc) is 3.53. The molecule has 1 aliphatic rings. The maximum absolute atomic E-state index is 12.9. The van der Waals surface area contributed by atoms with Crippen molar-refractivity contribution >= 4 is 44.2 Å². The molecule has 0 bridgehead atoms. The zero-order valence-corrected chi connectivity index (χ0v) is 19.2. The van der Waals surface area contributed by atoms with Crippen LogP contribution in [0.4, 0.5) is 0 Å². The van der Waals surface area contributed by atoms with Gasteiger partial charge in [-0.25, -0.2) is 13.4 Å². The van der Waals surface area contributed by atoms with Crippen LogP contribution in [0.15, 0.2) is 54.7 Å². The zero-order chi connectivity index (χ0) is 21.4. The number of thiophene rings is 1. The van der Waals surface area contributed by atoms with E-state index in [9.17, 15) is 8.42 Å². The van der Waals surface area contributed by atoms with E-state index in [0.29, 0.717) is 41.2 Å². The summed E-state index contributed by atoms with van der Waals surface area (Å²) in [5.74, 6) is 0.964. The van der Waals surface area contributed by atoms with E-state index < -0.39 is 10.0 Å². The fraction of sp³-hybridized carbons (Fsp3) is 0.350. The van der Waals surface area contributed by atoms with Gasteiger partial charge in [0.1, 0.15) is 5.52 Å². The Labute approximate surface area is 187 Å². The predicted molar refractivity (Wildman–Crippen MR) is 119 cm³/mol. The molecule has 1 aromatic carbocycles. The minimum absolute atomic E-state index is 0.175. The van der Waals surface area contributed by atoms with Crippen LogP contribution in [0, 0.1) is 0 Å². The van der Waals surface area contributed by atoms with Gasteiger partial charge in [0.25, 0.3) is 11.1 Å². The van der Waals surface area contributed by atoms with E-state index >= 15 is 0 Å². The Hall–Kier alpha value is -2.21. The lowest BCUT2D eigenvalue weighted by atomic mass is 10.2. The number of rotatable bonds is 6. The summed E-state index contributed by atoms with van der Waals surface area (Å²) in [5.41, 5.74) is 1.05. The second-order valence-electron chi connectivity index (χ2n) is 7.26. The van der Waals surface area contributed by atoms with Gasteiger partial charge in [-0.1, -0.05) is 24.2 Å². The number of oxazole rings is 1. The molecule has 0 unspecified atom stereocenters. The minimum atomic E-state index is -3.52. The SMILES string of the molecule is C[C@@H](Sc1nc2cc(S(=O)(=O)N3CCCCC3)ccc2o1)c1nnc(-c2cccs2)o1. The quantitative estimate of drug-likeness (QED) is 0.360. The first-order valence-electron chi connectivity index (χ1n) is 9.95. The van der Waals surface area contributed by atoms with E-state index in [1.54, 1.807) is 22.5 Å². The molecular weight excluding hydrogens is 456 g/mol. The van der Waals surface area contributed by atoms with E-state index in [1.807, 2.05) is 24.4 Å². The van der Waals surface area contributed by atoms with Crippen molar-refractivity contribution in [2.45, 2.75) is 41.6 Å². The van der Waals surface area contributed by atoms with E-state index in [1.165, 1.54) is 23.1 Å². The van der Waals surface area contributed by atoms with Crippen LogP contribution >= 0.6 is 23.1 Å². The van der Waals surface area contributed by atoms with E-state index in [2.05, 4.69) is 15.2 Å². The van der Waals surface area contributed by atoms with E-state index in [4.69, 9.17) is 8.83 Å². The van der Waals surface area contributed by atoms with Crippen LogP contribution in [0.25, 0.3) is 21.9 Å². The molecule has 0 N–H and O–H groups in total. The lowest BCUT2D eigenvalue weighted by Gasteiger charge is -2.25. The summed E-state index contributed by atoms with van der Waals surface area (Å²) in [6.45, 7) is 3.06. The van der Waals surface area contributed by atoms with Crippen molar-refractivity contribution in [3.8, 4) is 10.8 Å². The minimum Gasteiger partial charge on any atom is -0.431 e. The number of hydrogen-bond donors (Lipinski definition) is 0. The third-order valence-corrected chi connectivity index (χ3v) is 8.77. The Morgan fingerprint density at radius 1 is 1.13 bits per heavy atom. The first-order valence-corrected chi connectivity index (χ1v) is 13.2. The van der Waals surface area contributed by atoms with Gasteiger partial charge in [0.2, 0.25) is 15.9 Å². The molecule has 1 atom stereocenters. The topological polar surface area (TPSA) is 102 Å². The zero-order valence-electron chi connectivity index (χ0n) is 16.7. The molecule has 5 rings (SSSR count). The third kappa shape index (κ3) is 4.14. The lowest BCUT2D eigenvalue weighted by molar-refractivity contribution is 0.346. The van der Waals surface area contributed by atoms with Crippen LogP contribution in [0.1, 0.15) is 37.3 Å². The number of benzene rings is 1. The number of nitrogens with zero attached hydrogens (tertiary/aromatic N) is 4. The average molecular weight is 477 g/mol. The van der Waals surface area contributed by atoms with Crippen molar-refractivity contribution in [3.63, 3.8) is 0 Å². The first kappa shape index (κ1) is 20.7. The molecule has 1 aliphatic heterocycles. The van der Waals surface area contributed by atoms with Crippen LogP contribution in [-0.4, -0.2) is 41.0 Å². The molecule has 1 fully saturated rings. The second-order valence-corrected chi connectivity index (χ2v) is 11.4. The highest BCUT2D eigenvalue weighted by Crippen LogP contribution is 2.37. The van der Waals surface area contributed by atoms with Crippen molar-refractivity contribution in [2.75, 3.05) is 13.1 Å². The van der Waals surface area contributed by atoms with Crippen LogP contribution in [0.3, 0.4) is 0 Å². The number of hydrogen-bond acceptors (Lipinski definition) is 9. The summed E-state index contributed by atoms with van der Waals surface area (Å²) in [7, 11) is -3.52. The van der Waals surface area contributed by atoms with Gasteiger partial charge in [-0.05, 0) is 49.4 Å². The highest BCUT2D eigenvalue weighted by molar-refractivity contribution is 7.99. The number of sulfonamides is 1. The third-order valence-electron chi connectivity index (χ3n) is 5.09. The molecule has 8 nitrogen and oxygen atoms in total. The van der Waals surface area contributed by atoms with Crippen molar-refractivity contribution in [3.05, 3.63) is 41.6 Å². The van der Waals surface area contributed by atoms with Gasteiger partial charge in [-0.3, -0.25) is 0 Å². The monoisotopic (exact) mass is 476 g/mol. The standard InChI is InChI=1S/C20H20N4O4S3/c1-13(18-22-23-19(28-18)17-6-5-11-29-17)30-20-21-15-12-14(7-8-16(15)27-20)31(25,26)24-9-3-2-4-10-24/h5-8,11-13H,2-4,9-10H2,1H3/t13-/m1/s1. The van der Waals surface area contributed by atoms with Gasteiger partial charge in [0, 0.05) is 13.1 Å². The predicted octanol–water partition coefficient (Wildman–Crippen LogP) is 4.97. The molecule has 0 spiro atoms. The summed E-state index contributed by atoms with van der Waals surface area (Å²) in [5, 5.41) is 10.4. The van der Waals surface area contributed by atoms with E-state index in [-0.39, 0.29) is 10.1 Å². The van der Waals surface area contributed by atoms with Crippen LogP contribution in [0.5, 0.6) is 0 Å². The summed E-state index contributed by atoms with van der Waals surface area (Å²) >= 11 is 2.88. The molecule has 0 aliphatic carbocycles. The van der Waals surface area contributed by atoms with Crippen LogP contribution in [0.2, 0.25) is 0 Å². The Morgan fingerprint density at radius 3 is 2.74 bits per heavy atom. The summed E-state index contributed by atoms with van der Waals surface area (Å²) in [6, 6.07) is 8.69. The highest BCUT2D eigenvalue weighted by Gasteiger charge is 2.27. The maximum atomic E-state index is 12.9. The van der Waals surface area contributed by atoms with Crippen LogP contribution in [-0.2, 0) is 10.0 Å². The number of piperidine rings is 1. The Bertz CT molecular complexity index is 1290. The van der Waals surface area contributed by atoms with E-state index in [0.717, 1.165) is 24.1 Å². The summed E-state index contributed by atoms with van der Waals surface area (Å²) in [6.07, 6.45) is 2.87. The van der Waals surface area contributed by atoms with Gasteiger partial charge in [0.15, 0.2) is 5.58 Å². The van der Waals surface area contributed by atoms with Gasteiger partial charge in [-0.2, -0.15) is 4.31 Å². The maximum Gasteiger partial charge on any atom is 0.257 e. The molecule has 1 saturated heterocycles. The fourth-order valence-electron chi connectivity index (χ4n) is 3.45. The molecule has 11 heteroatoms. The molecule has 0 radical (unpaired) electrons. The molecule has 3 aromatic heterocycles. The molecular formula is C20H20N4O4S3. The second kappa shape index (κ2) is 8.38. The first-order chi connectivity index (χ1) is 15.0. The van der Waals surface area contributed by atoms with Crippen molar-refractivity contribution in [1.29, 1.82) is 0 Å². The number of fused-ring (bicyclic) bond motifs is 1. The molecule has 0 saturated carbocycles. The normalized spacial score (nSPS) is 16.7. The highest BCUT2D eigenvalue weighted by atomic mass is 32.2. The van der Waals surface area contributed by atoms with Gasteiger partial charge >= 0.3 is 0 Å².